The second-order valence-corrected chi connectivity index (χ2v) is 5.06. The smallest absolute Gasteiger partial charge is 0.335 e. The zero-order valence-electron chi connectivity index (χ0n) is 11.6. The summed E-state index contributed by atoms with van der Waals surface area (Å²) in [6, 6.07) is 2.36. The number of hydrogen-bond acceptors (Lipinski definition) is 3. The second-order valence-electron chi connectivity index (χ2n) is 5.06. The number of carbonyl (C=O) groups is 3. The molecule has 0 saturated carbocycles. The molecule has 5 N–H and O–H groups in total. The minimum Gasteiger partial charge on any atom is -0.478 e. The van der Waals surface area contributed by atoms with E-state index in [2.05, 4.69) is 10.6 Å². The third-order valence-corrected chi connectivity index (χ3v) is 2.82. The van der Waals surface area contributed by atoms with E-state index in [1.54, 1.807) is 13.8 Å². The van der Waals surface area contributed by atoms with Gasteiger partial charge in [-0.25, -0.2) is 14.0 Å². The molecular weight excluding hydrogens is 281 g/mol. The lowest BCUT2D eigenvalue weighted by molar-refractivity contribution is -0.125. The van der Waals surface area contributed by atoms with Gasteiger partial charge in [0, 0.05) is 6.54 Å². The maximum atomic E-state index is 13.6. The number of nitrogens with one attached hydrogen (secondary N) is 2. The molecule has 0 unspecified atom stereocenters. The standard InChI is InChI=1S/C13H16FN3O4/c1-13(2,11(15)20)6-16-12(21)17-9-4-3-7(10(18)19)5-8(9)14/h3-5H,6H2,1-2H3,(H2,15,20)(H,18,19)(H2,16,17,21). The molecule has 1 rings (SSSR count). The number of anilines is 1. The number of hydrogen-bond donors (Lipinski definition) is 4. The van der Waals surface area contributed by atoms with Crippen molar-refractivity contribution < 1.29 is 23.9 Å². The maximum Gasteiger partial charge on any atom is 0.335 e. The third kappa shape index (κ3) is 4.44. The van der Waals surface area contributed by atoms with E-state index in [-0.39, 0.29) is 17.8 Å². The molecule has 0 aromatic heterocycles. The van der Waals surface area contributed by atoms with Gasteiger partial charge in [0.25, 0.3) is 0 Å². The van der Waals surface area contributed by atoms with Gasteiger partial charge in [0.15, 0.2) is 0 Å². The van der Waals surface area contributed by atoms with Gasteiger partial charge in [0.1, 0.15) is 5.82 Å². The molecule has 0 saturated heterocycles. The first-order valence-electron chi connectivity index (χ1n) is 6.01. The van der Waals surface area contributed by atoms with Crippen LogP contribution in [0, 0.1) is 11.2 Å². The Kier molecular flexibility index (Phi) is 4.85. The highest BCUT2D eigenvalue weighted by Crippen LogP contribution is 2.16. The first kappa shape index (κ1) is 16.4. The number of primary amides is 1. The summed E-state index contributed by atoms with van der Waals surface area (Å²) in [5, 5.41) is 13.3. The average Bonchev–Trinajstić information content (AvgIpc) is 2.38. The Morgan fingerprint density at radius 2 is 1.95 bits per heavy atom. The van der Waals surface area contributed by atoms with Crippen LogP contribution in [0.4, 0.5) is 14.9 Å². The molecule has 0 heterocycles. The number of benzene rings is 1. The number of carboxylic acid groups (broad SMARTS) is 1. The Hall–Kier alpha value is -2.64. The molecule has 114 valence electrons. The van der Waals surface area contributed by atoms with Gasteiger partial charge in [-0.15, -0.1) is 0 Å². The van der Waals surface area contributed by atoms with Crippen molar-refractivity contribution in [1.82, 2.24) is 5.32 Å². The van der Waals surface area contributed by atoms with Crippen LogP contribution in [0.25, 0.3) is 0 Å². The van der Waals surface area contributed by atoms with Crippen LogP contribution >= 0.6 is 0 Å². The topological polar surface area (TPSA) is 122 Å². The van der Waals surface area contributed by atoms with E-state index in [1.807, 2.05) is 0 Å². The molecule has 0 bridgehead atoms. The van der Waals surface area contributed by atoms with Crippen molar-refractivity contribution in [2.24, 2.45) is 11.1 Å². The molecule has 1 aromatic rings. The average molecular weight is 297 g/mol. The monoisotopic (exact) mass is 297 g/mol. The first-order valence-corrected chi connectivity index (χ1v) is 6.01. The molecule has 3 amide bonds. The minimum absolute atomic E-state index is 0.0248. The molecule has 0 radical (unpaired) electrons. The minimum atomic E-state index is -1.27. The molecule has 0 fully saturated rings. The van der Waals surface area contributed by atoms with Crippen molar-refractivity contribution in [2.75, 3.05) is 11.9 Å². The van der Waals surface area contributed by atoms with Crippen LogP contribution < -0.4 is 16.4 Å². The Morgan fingerprint density at radius 3 is 2.43 bits per heavy atom. The van der Waals surface area contributed by atoms with Gasteiger partial charge in [0.2, 0.25) is 5.91 Å². The fourth-order valence-corrected chi connectivity index (χ4v) is 1.30. The maximum absolute atomic E-state index is 13.6. The van der Waals surface area contributed by atoms with Gasteiger partial charge in [0.05, 0.1) is 16.7 Å². The number of rotatable bonds is 5. The van der Waals surface area contributed by atoms with Crippen molar-refractivity contribution in [3.8, 4) is 0 Å². The molecule has 0 aliphatic carbocycles. The fourth-order valence-electron chi connectivity index (χ4n) is 1.30. The van der Waals surface area contributed by atoms with Crippen LogP contribution in [-0.2, 0) is 4.79 Å². The lowest BCUT2D eigenvalue weighted by atomic mass is 9.93. The van der Waals surface area contributed by atoms with Gasteiger partial charge < -0.3 is 21.5 Å². The number of urea groups is 1. The number of amides is 3. The summed E-state index contributed by atoms with van der Waals surface area (Å²) < 4.78 is 13.6. The van der Waals surface area contributed by atoms with Crippen molar-refractivity contribution >= 4 is 23.6 Å². The van der Waals surface area contributed by atoms with E-state index >= 15 is 0 Å². The van der Waals surface area contributed by atoms with Crippen LogP contribution in [0.3, 0.4) is 0 Å². The van der Waals surface area contributed by atoms with Crippen molar-refractivity contribution in [3.05, 3.63) is 29.6 Å². The molecule has 1 aromatic carbocycles. The number of carbonyl (C=O) groups excluding carboxylic acids is 2. The molecule has 0 spiro atoms. The molecule has 0 aliphatic rings. The van der Waals surface area contributed by atoms with Gasteiger partial charge in [-0.05, 0) is 32.0 Å². The Balaban J connectivity index is 2.68. The van der Waals surface area contributed by atoms with E-state index in [0.29, 0.717) is 0 Å². The van der Waals surface area contributed by atoms with Gasteiger partial charge in [-0.2, -0.15) is 0 Å². The van der Waals surface area contributed by atoms with Crippen molar-refractivity contribution in [1.29, 1.82) is 0 Å². The zero-order valence-corrected chi connectivity index (χ0v) is 11.6. The van der Waals surface area contributed by atoms with E-state index in [9.17, 15) is 18.8 Å². The SMILES string of the molecule is CC(C)(CNC(=O)Nc1ccc(C(=O)O)cc1F)C(N)=O. The van der Waals surface area contributed by atoms with Gasteiger partial charge in [-0.3, -0.25) is 4.79 Å². The number of aromatic carboxylic acids is 1. The summed E-state index contributed by atoms with van der Waals surface area (Å²) in [5.74, 6) is -2.73. The lowest BCUT2D eigenvalue weighted by Gasteiger charge is -2.20. The highest BCUT2D eigenvalue weighted by atomic mass is 19.1. The first-order chi connectivity index (χ1) is 9.63. The summed E-state index contributed by atoms with van der Waals surface area (Å²) in [4.78, 5) is 33.3. The normalized spacial score (nSPS) is 10.8. The number of carboxylic acids is 1. The summed E-state index contributed by atoms with van der Waals surface area (Å²) in [6.07, 6.45) is 0. The van der Waals surface area contributed by atoms with E-state index < -0.39 is 29.1 Å². The Labute approximate surface area is 120 Å². The predicted octanol–water partition coefficient (Wildman–Crippen LogP) is 1.16. The molecule has 0 atom stereocenters. The van der Waals surface area contributed by atoms with Crippen molar-refractivity contribution in [2.45, 2.75) is 13.8 Å². The second kappa shape index (κ2) is 6.21. The van der Waals surface area contributed by atoms with Crippen LogP contribution in [0.15, 0.2) is 18.2 Å². The molecular formula is C13H16FN3O4. The van der Waals surface area contributed by atoms with Crippen LogP contribution in [0.5, 0.6) is 0 Å². The molecule has 0 aliphatic heterocycles. The van der Waals surface area contributed by atoms with Crippen molar-refractivity contribution in [3.63, 3.8) is 0 Å². The Morgan fingerprint density at radius 1 is 1.33 bits per heavy atom. The summed E-state index contributed by atoms with van der Waals surface area (Å²) in [6.45, 7) is 3.08. The summed E-state index contributed by atoms with van der Waals surface area (Å²) in [5.41, 5.74) is 3.81. The Bertz CT molecular complexity index is 587. The highest BCUT2D eigenvalue weighted by molar-refractivity contribution is 5.92. The quantitative estimate of drug-likeness (QED) is 0.651. The van der Waals surface area contributed by atoms with Crippen LogP contribution in [-0.4, -0.2) is 29.6 Å². The summed E-state index contributed by atoms with van der Waals surface area (Å²) in [7, 11) is 0. The van der Waals surface area contributed by atoms with Gasteiger partial charge >= 0.3 is 12.0 Å². The number of halogens is 1. The fraction of sp³-hybridized carbons (Fsp3) is 0.308. The van der Waals surface area contributed by atoms with Gasteiger partial charge in [-0.1, -0.05) is 0 Å². The number of nitrogens with two attached hydrogens (primary N) is 1. The predicted molar refractivity (Wildman–Crippen MR) is 73.4 cm³/mol. The van der Waals surface area contributed by atoms with Crippen LogP contribution in [0.2, 0.25) is 0 Å². The molecule has 21 heavy (non-hydrogen) atoms. The van der Waals surface area contributed by atoms with E-state index in [1.165, 1.54) is 0 Å². The lowest BCUT2D eigenvalue weighted by Crippen LogP contribution is -2.43. The third-order valence-electron chi connectivity index (χ3n) is 2.82. The highest BCUT2D eigenvalue weighted by Gasteiger charge is 2.25. The zero-order chi connectivity index (χ0) is 16.2. The largest absolute Gasteiger partial charge is 0.478 e. The molecule has 7 nitrogen and oxygen atoms in total. The van der Waals surface area contributed by atoms with E-state index in [0.717, 1.165) is 18.2 Å². The summed E-state index contributed by atoms with van der Waals surface area (Å²) >= 11 is 0. The molecule has 8 heteroatoms. The van der Waals surface area contributed by atoms with E-state index in [4.69, 9.17) is 10.8 Å². The van der Waals surface area contributed by atoms with Crippen LogP contribution in [0.1, 0.15) is 24.2 Å².